The molecule has 8 heteroatoms. The summed E-state index contributed by atoms with van der Waals surface area (Å²) in [6, 6.07) is 13.8. The molecule has 0 aromatic heterocycles. The zero-order chi connectivity index (χ0) is 20.5. The van der Waals surface area contributed by atoms with Crippen LogP contribution >= 0.6 is 11.6 Å². The molecule has 1 amide bonds. The van der Waals surface area contributed by atoms with Crippen LogP contribution in [0.1, 0.15) is 29.3 Å². The van der Waals surface area contributed by atoms with Crippen molar-refractivity contribution in [2.24, 2.45) is 10.2 Å². The molecular formula is C21H17ClN4O3. The topological polar surface area (TPSA) is 85.6 Å². The number of carboxylic acids is 1. The molecule has 0 saturated heterocycles. The average molecular weight is 409 g/mol. The number of amides is 1. The van der Waals surface area contributed by atoms with Crippen LogP contribution in [0.15, 0.2) is 64.3 Å². The summed E-state index contributed by atoms with van der Waals surface area (Å²) in [5.74, 6) is -1.36. The van der Waals surface area contributed by atoms with Crippen molar-refractivity contribution < 1.29 is 14.7 Å². The highest BCUT2D eigenvalue weighted by Gasteiger charge is 2.29. The van der Waals surface area contributed by atoms with Gasteiger partial charge in [-0.2, -0.15) is 15.2 Å². The second kappa shape index (κ2) is 7.52. The lowest BCUT2D eigenvalue weighted by molar-refractivity contribution is -0.114. The van der Waals surface area contributed by atoms with E-state index in [0.717, 1.165) is 24.2 Å². The highest BCUT2D eigenvalue weighted by atomic mass is 35.5. The van der Waals surface area contributed by atoms with E-state index < -0.39 is 5.97 Å². The predicted molar refractivity (Wildman–Crippen MR) is 114 cm³/mol. The van der Waals surface area contributed by atoms with Crippen LogP contribution in [-0.2, 0) is 4.79 Å². The second-order valence-electron chi connectivity index (χ2n) is 6.66. The summed E-state index contributed by atoms with van der Waals surface area (Å²) in [5.41, 5.74) is 3.31. The van der Waals surface area contributed by atoms with Crippen molar-refractivity contribution in [2.75, 3.05) is 16.6 Å². The molecule has 0 spiro atoms. The van der Waals surface area contributed by atoms with Gasteiger partial charge in [0.15, 0.2) is 0 Å². The molecule has 2 heterocycles. The van der Waals surface area contributed by atoms with E-state index in [1.807, 2.05) is 29.3 Å². The van der Waals surface area contributed by atoms with Crippen LogP contribution in [0, 0.1) is 0 Å². The number of carbonyl (C=O) groups excluding carboxylic acids is 1. The van der Waals surface area contributed by atoms with Crippen LogP contribution in [-0.4, -0.2) is 34.4 Å². The molecule has 2 aliphatic heterocycles. The molecule has 0 bridgehead atoms. The molecule has 0 aliphatic carbocycles. The lowest BCUT2D eigenvalue weighted by Crippen LogP contribution is -2.21. The number of carbonyl (C=O) groups is 2. The monoisotopic (exact) mass is 408 g/mol. The molecule has 2 aliphatic rings. The first-order valence-electron chi connectivity index (χ1n) is 8.98. The Balaban J connectivity index is 1.57. The van der Waals surface area contributed by atoms with Gasteiger partial charge in [-0.15, -0.1) is 0 Å². The number of hydrazone groups is 2. The van der Waals surface area contributed by atoms with Gasteiger partial charge in [0.05, 0.1) is 28.2 Å². The maximum Gasteiger partial charge on any atom is 0.335 e. The predicted octanol–water partition coefficient (Wildman–Crippen LogP) is 3.95. The Morgan fingerprint density at radius 3 is 2.55 bits per heavy atom. The molecule has 0 saturated carbocycles. The number of rotatable bonds is 4. The molecule has 4 rings (SSSR count). The standard InChI is InChI=1S/C21H17ClN4O3/c1-13-18(11-14-5-7-16(8-6-14)25-10-9-19(22)24-25)20(27)26(23-13)17-4-2-3-15(12-17)21(28)29/h2-8,11-12H,9-10H2,1H3,(H,28,29). The molecule has 0 unspecified atom stereocenters. The number of aromatic carboxylic acids is 1. The second-order valence-corrected chi connectivity index (χ2v) is 7.09. The summed E-state index contributed by atoms with van der Waals surface area (Å²) in [6.45, 7) is 2.49. The Kier molecular flexibility index (Phi) is 4.90. The van der Waals surface area contributed by atoms with Gasteiger partial charge in [-0.25, -0.2) is 4.79 Å². The fourth-order valence-electron chi connectivity index (χ4n) is 3.16. The van der Waals surface area contributed by atoms with Gasteiger partial charge in [-0.05, 0) is 48.9 Å². The number of anilines is 2. The first-order chi connectivity index (χ1) is 13.9. The van der Waals surface area contributed by atoms with E-state index in [2.05, 4.69) is 10.2 Å². The van der Waals surface area contributed by atoms with Crippen molar-refractivity contribution in [3.8, 4) is 0 Å². The van der Waals surface area contributed by atoms with Gasteiger partial charge in [0.25, 0.3) is 5.91 Å². The van der Waals surface area contributed by atoms with E-state index in [4.69, 9.17) is 16.7 Å². The highest BCUT2D eigenvalue weighted by Crippen LogP contribution is 2.27. The third-order valence-electron chi connectivity index (χ3n) is 4.66. The Labute approximate surface area is 172 Å². The Bertz CT molecular complexity index is 1090. The fourth-order valence-corrected chi connectivity index (χ4v) is 3.33. The largest absolute Gasteiger partial charge is 0.478 e. The number of halogens is 1. The molecule has 7 nitrogen and oxygen atoms in total. The number of carboxylic acid groups (broad SMARTS) is 1. The summed E-state index contributed by atoms with van der Waals surface area (Å²) in [4.78, 5) is 24.1. The van der Waals surface area contributed by atoms with Gasteiger partial charge in [0, 0.05) is 13.0 Å². The van der Waals surface area contributed by atoms with Crippen LogP contribution in [0.5, 0.6) is 0 Å². The minimum absolute atomic E-state index is 0.0980. The van der Waals surface area contributed by atoms with Crippen molar-refractivity contribution in [3.63, 3.8) is 0 Å². The number of benzene rings is 2. The summed E-state index contributed by atoms with van der Waals surface area (Å²) in [6.07, 6.45) is 2.50. The van der Waals surface area contributed by atoms with Gasteiger partial charge in [0.2, 0.25) is 0 Å². The van der Waals surface area contributed by atoms with Crippen LogP contribution < -0.4 is 10.0 Å². The lowest BCUT2D eigenvalue weighted by atomic mass is 10.1. The van der Waals surface area contributed by atoms with E-state index in [1.165, 1.54) is 17.1 Å². The minimum Gasteiger partial charge on any atom is -0.478 e. The van der Waals surface area contributed by atoms with E-state index in [0.29, 0.717) is 22.1 Å². The zero-order valence-electron chi connectivity index (χ0n) is 15.5. The van der Waals surface area contributed by atoms with Gasteiger partial charge in [-0.1, -0.05) is 29.8 Å². The molecule has 146 valence electrons. The van der Waals surface area contributed by atoms with Crippen LogP contribution in [0.25, 0.3) is 6.08 Å². The van der Waals surface area contributed by atoms with E-state index in [1.54, 1.807) is 25.1 Å². The van der Waals surface area contributed by atoms with E-state index in [-0.39, 0.29) is 11.5 Å². The first kappa shape index (κ1) is 18.9. The maximum absolute atomic E-state index is 12.9. The van der Waals surface area contributed by atoms with Crippen molar-refractivity contribution in [1.82, 2.24) is 0 Å². The summed E-state index contributed by atoms with van der Waals surface area (Å²) < 4.78 is 0. The van der Waals surface area contributed by atoms with Gasteiger partial charge < -0.3 is 5.11 Å². The van der Waals surface area contributed by atoms with Gasteiger partial charge >= 0.3 is 5.97 Å². The Morgan fingerprint density at radius 1 is 1.14 bits per heavy atom. The zero-order valence-corrected chi connectivity index (χ0v) is 16.3. The van der Waals surface area contributed by atoms with Gasteiger partial charge in [-0.3, -0.25) is 9.80 Å². The molecule has 2 aromatic carbocycles. The number of hydrogen-bond acceptors (Lipinski definition) is 5. The number of nitrogens with zero attached hydrogens (tertiary/aromatic N) is 4. The van der Waals surface area contributed by atoms with Crippen molar-refractivity contribution in [3.05, 3.63) is 65.2 Å². The molecule has 0 radical (unpaired) electrons. The smallest absolute Gasteiger partial charge is 0.335 e. The molecule has 0 fully saturated rings. The van der Waals surface area contributed by atoms with Crippen molar-refractivity contribution >= 4 is 51.8 Å². The minimum atomic E-state index is -1.06. The summed E-state index contributed by atoms with van der Waals surface area (Å²) >= 11 is 5.94. The third-order valence-corrected chi connectivity index (χ3v) is 4.93. The van der Waals surface area contributed by atoms with Crippen molar-refractivity contribution in [2.45, 2.75) is 13.3 Å². The molecule has 1 N–H and O–H groups in total. The lowest BCUT2D eigenvalue weighted by Gasteiger charge is -2.13. The number of hydrogen-bond donors (Lipinski definition) is 1. The Morgan fingerprint density at radius 2 is 1.90 bits per heavy atom. The third kappa shape index (κ3) is 3.77. The van der Waals surface area contributed by atoms with Crippen LogP contribution in [0.2, 0.25) is 0 Å². The highest BCUT2D eigenvalue weighted by molar-refractivity contribution is 6.65. The van der Waals surface area contributed by atoms with E-state index in [9.17, 15) is 9.59 Å². The molecule has 2 aromatic rings. The van der Waals surface area contributed by atoms with Crippen LogP contribution in [0.3, 0.4) is 0 Å². The average Bonchev–Trinajstić information content (AvgIpc) is 3.27. The molecule has 0 atom stereocenters. The quantitative estimate of drug-likeness (QED) is 0.776. The molecular weight excluding hydrogens is 392 g/mol. The maximum atomic E-state index is 12.9. The molecule has 29 heavy (non-hydrogen) atoms. The van der Waals surface area contributed by atoms with E-state index >= 15 is 0 Å². The SMILES string of the molecule is CC1=NN(c2cccc(C(=O)O)c2)C(=O)C1=Cc1ccc(N2CCC(Cl)=N2)cc1. The van der Waals surface area contributed by atoms with Crippen molar-refractivity contribution in [1.29, 1.82) is 0 Å². The summed E-state index contributed by atoms with van der Waals surface area (Å²) in [7, 11) is 0. The summed E-state index contributed by atoms with van der Waals surface area (Å²) in [5, 5.41) is 21.4. The Hall–Kier alpha value is -3.45. The fraction of sp³-hybridized carbons (Fsp3) is 0.143. The normalized spacial score (nSPS) is 17.7. The van der Waals surface area contributed by atoms with Gasteiger partial charge in [0.1, 0.15) is 5.17 Å². The van der Waals surface area contributed by atoms with Crippen LogP contribution in [0.4, 0.5) is 11.4 Å². The first-order valence-corrected chi connectivity index (χ1v) is 9.36.